The Balaban J connectivity index is 0.000000323. The van der Waals surface area contributed by atoms with E-state index in [-0.39, 0.29) is 34.8 Å². The third-order valence-electron chi connectivity index (χ3n) is 24.4. The van der Waals surface area contributed by atoms with Crippen LogP contribution < -0.4 is 27.1 Å². The van der Waals surface area contributed by atoms with E-state index in [4.69, 9.17) is 45.5 Å². The molecule has 2 radical (unpaired) electrons. The van der Waals surface area contributed by atoms with Gasteiger partial charge >= 0.3 is 25.8 Å². The van der Waals surface area contributed by atoms with Crippen LogP contribution in [-0.4, -0.2) is 25.1 Å². The molecule has 10 nitrogen and oxygen atoms in total. The molecule has 692 valence electrons. The SMILES string of the molecule is CCCCCCCCCc1ccc(OP(Oc2ccc(CCCCCCCCC)cc2)OC2CCCCC2)cc1.CCCCCCCCCc1ccc(OP(Oc2ccc(CCCCCCCCC)cc2)OC2CCCCC2)cc1.CCCCCCCCCc1ccc(OP(Oc2ccc(CCCCCCCCC)cc2)OC2CCCCC2)cc1.[C]=O.[Ni]. The predicted octanol–water partition coefficient (Wildman–Crippen LogP) is 36.5. The van der Waals surface area contributed by atoms with Crippen LogP contribution in [-0.2, 0) is 73.4 Å². The van der Waals surface area contributed by atoms with E-state index in [2.05, 4.69) is 194 Å². The van der Waals surface area contributed by atoms with Crippen molar-refractivity contribution < 1.29 is 62.0 Å². The van der Waals surface area contributed by atoms with Gasteiger partial charge in [-0.25, -0.2) is 0 Å². The summed E-state index contributed by atoms with van der Waals surface area (Å²) in [4.78, 5) is 7.50. The van der Waals surface area contributed by atoms with Crippen LogP contribution in [0.5, 0.6) is 34.5 Å². The molecule has 0 unspecified atom stereocenters. The third kappa shape index (κ3) is 54.5. The summed E-state index contributed by atoms with van der Waals surface area (Å²) < 4.78 is 57.2. The number of hydrogen-bond acceptors (Lipinski definition) is 10. The zero-order valence-corrected chi connectivity index (χ0v) is 82.0. The Morgan fingerprint density at radius 2 is 0.333 bits per heavy atom. The predicted molar refractivity (Wildman–Crippen MR) is 523 cm³/mol. The van der Waals surface area contributed by atoms with E-state index in [0.29, 0.717) is 0 Å². The molecular weight excluding hydrogens is 1620 g/mol. The molecule has 3 saturated carbocycles. The maximum atomic E-state index is 7.50. The monoisotopic (exact) mass is 1790 g/mol. The molecule has 0 amide bonds. The standard InChI is InChI=1S/3C36H57O3P.CO.Ni/c3*1-3-5-7-9-11-13-16-20-32-24-28-35(29-25-32)38-40(37-34-22-18-15-19-23-34)39-36-30-26-33(27-31-36)21-17-14-12-10-8-6-4-2;1-2;/h3*24-31,34H,3-23H2,1-2H3;;. The summed E-state index contributed by atoms with van der Waals surface area (Å²) in [5.41, 5.74) is 8.31. The van der Waals surface area contributed by atoms with Gasteiger partial charge in [-0.1, -0.05) is 403 Å². The van der Waals surface area contributed by atoms with Crippen molar-refractivity contribution in [2.45, 2.75) is 464 Å². The van der Waals surface area contributed by atoms with E-state index in [1.807, 2.05) is 0 Å². The van der Waals surface area contributed by atoms with Crippen LogP contribution in [0.15, 0.2) is 146 Å². The van der Waals surface area contributed by atoms with E-state index in [1.165, 1.54) is 361 Å². The normalized spacial score (nSPS) is 13.8. The van der Waals surface area contributed by atoms with Crippen molar-refractivity contribution >= 4 is 32.6 Å². The number of benzene rings is 6. The Hall–Kier alpha value is -4.55. The third-order valence-corrected chi connectivity index (χ3v) is 28.0. The fourth-order valence-corrected chi connectivity index (χ4v) is 20.1. The van der Waals surface area contributed by atoms with Gasteiger partial charge in [0.05, 0.1) is 18.3 Å². The number of aryl methyl sites for hydroxylation is 6. The average Bonchev–Trinajstić information content (AvgIpc) is 0.870. The number of rotatable bonds is 66. The van der Waals surface area contributed by atoms with Crippen molar-refractivity contribution in [3.05, 3.63) is 179 Å². The van der Waals surface area contributed by atoms with E-state index in [1.54, 1.807) is 0 Å². The summed E-state index contributed by atoms with van der Waals surface area (Å²) in [5, 5.41) is 0. The van der Waals surface area contributed by atoms with Gasteiger partial charge in [0.2, 0.25) is 0 Å². The van der Waals surface area contributed by atoms with Crippen molar-refractivity contribution in [1.29, 1.82) is 0 Å². The Bertz CT molecular complexity index is 2770. The summed E-state index contributed by atoms with van der Waals surface area (Å²) >= 11 is 0. The molecule has 123 heavy (non-hydrogen) atoms. The molecule has 6 aromatic carbocycles. The van der Waals surface area contributed by atoms with Crippen LogP contribution in [0.1, 0.15) is 441 Å². The first-order chi connectivity index (χ1) is 60.3. The van der Waals surface area contributed by atoms with Crippen molar-refractivity contribution in [2.75, 3.05) is 0 Å². The van der Waals surface area contributed by atoms with Crippen molar-refractivity contribution in [1.82, 2.24) is 0 Å². The van der Waals surface area contributed by atoms with Crippen molar-refractivity contribution in [2.24, 2.45) is 0 Å². The van der Waals surface area contributed by atoms with Gasteiger partial charge in [0.25, 0.3) is 6.79 Å². The van der Waals surface area contributed by atoms with Gasteiger partial charge in [-0.2, -0.15) is 0 Å². The Kier molecular flexibility index (Phi) is 66.7. The van der Waals surface area contributed by atoms with Crippen molar-refractivity contribution in [3.8, 4) is 34.5 Å². The van der Waals surface area contributed by atoms with Gasteiger partial charge in [0.15, 0.2) is 0 Å². The molecule has 0 N–H and O–H groups in total. The average molecular weight is 1790 g/mol. The zero-order valence-electron chi connectivity index (χ0n) is 78.4. The summed E-state index contributed by atoms with van der Waals surface area (Å²) in [6.45, 7) is 18.2. The molecule has 14 heteroatoms. The molecule has 0 spiro atoms. The zero-order chi connectivity index (χ0) is 86.3. The molecular formula is C109H171NiO10P3. The van der Waals surface area contributed by atoms with E-state index in [9.17, 15) is 0 Å². The molecule has 6 aromatic rings. The van der Waals surface area contributed by atoms with E-state index in [0.717, 1.165) is 112 Å². The molecule has 9 rings (SSSR count). The maximum absolute atomic E-state index is 7.50. The quantitative estimate of drug-likeness (QED) is 0.0208. The molecule has 3 fully saturated rings. The summed E-state index contributed by atoms with van der Waals surface area (Å²) in [6.07, 6.45) is 82.0. The molecule has 0 saturated heterocycles. The molecule has 3 aliphatic rings. The topological polar surface area (TPSA) is 100 Å². The van der Waals surface area contributed by atoms with Gasteiger partial charge in [0.1, 0.15) is 34.5 Å². The van der Waals surface area contributed by atoms with Gasteiger partial charge in [-0.15, -0.1) is 0 Å². The Labute approximate surface area is 767 Å². The second-order valence-corrected chi connectivity index (χ2v) is 38.5. The summed E-state index contributed by atoms with van der Waals surface area (Å²) in [7, 11) is -4.49. The molecule has 3 aliphatic carbocycles. The number of carbonyl (C=O) groups excluding carboxylic acids is 1. The van der Waals surface area contributed by atoms with Crippen molar-refractivity contribution in [3.63, 3.8) is 0 Å². The van der Waals surface area contributed by atoms with Crippen LogP contribution in [0.2, 0.25) is 0 Å². The van der Waals surface area contributed by atoms with E-state index >= 15 is 0 Å². The minimum atomic E-state index is -1.50. The first kappa shape index (κ1) is 109. The maximum Gasteiger partial charge on any atom is 0.463 e. The molecule has 0 aromatic heterocycles. The second-order valence-electron chi connectivity index (χ2n) is 35.4. The van der Waals surface area contributed by atoms with Gasteiger partial charge in [-0.3, -0.25) is 18.4 Å². The number of unbranched alkanes of at least 4 members (excludes halogenated alkanes) is 36. The van der Waals surface area contributed by atoms with Crippen LogP contribution in [0.3, 0.4) is 0 Å². The molecule has 0 heterocycles. The molecule has 0 bridgehead atoms. The smallest absolute Gasteiger partial charge is 0.418 e. The van der Waals surface area contributed by atoms with Gasteiger partial charge in [0, 0.05) is 16.5 Å². The second kappa shape index (κ2) is 75.3. The summed E-state index contributed by atoms with van der Waals surface area (Å²) in [6, 6.07) is 51.5. The Morgan fingerprint density at radius 3 is 0.472 bits per heavy atom. The minimum Gasteiger partial charge on any atom is -0.418 e. The molecule has 0 atom stereocenters. The fourth-order valence-electron chi connectivity index (χ4n) is 16.6. The molecule has 0 aliphatic heterocycles. The van der Waals surface area contributed by atoms with Crippen LogP contribution >= 0.6 is 25.8 Å². The first-order valence-corrected chi connectivity index (χ1v) is 53.8. The Morgan fingerprint density at radius 1 is 0.203 bits per heavy atom. The number of hydrogen-bond donors (Lipinski definition) is 0. The van der Waals surface area contributed by atoms with Crippen LogP contribution in [0.4, 0.5) is 0 Å². The van der Waals surface area contributed by atoms with Crippen LogP contribution in [0, 0.1) is 0 Å². The van der Waals surface area contributed by atoms with Gasteiger partial charge < -0.3 is 27.1 Å². The first-order valence-electron chi connectivity index (χ1n) is 50.5. The largest absolute Gasteiger partial charge is 0.463 e. The minimum absolute atomic E-state index is 0. The fraction of sp³-hybridized carbons (Fsp3) is 0.661. The van der Waals surface area contributed by atoms with Gasteiger partial charge in [-0.05, 0) is 222 Å². The summed E-state index contributed by atoms with van der Waals surface area (Å²) in [5.74, 6) is 5.00. The van der Waals surface area contributed by atoms with E-state index < -0.39 is 25.8 Å². The van der Waals surface area contributed by atoms with Crippen LogP contribution in [0.25, 0.3) is 0 Å².